The maximum atomic E-state index is 12.7. The van der Waals surface area contributed by atoms with E-state index in [-0.39, 0.29) is 18.2 Å². The summed E-state index contributed by atoms with van der Waals surface area (Å²) in [4.78, 5) is 25.2. The Morgan fingerprint density at radius 3 is 2.44 bits per heavy atom. The van der Waals surface area contributed by atoms with Crippen molar-refractivity contribution in [1.29, 1.82) is 0 Å². The van der Waals surface area contributed by atoms with Crippen LogP contribution in [0.3, 0.4) is 0 Å². The van der Waals surface area contributed by atoms with Gasteiger partial charge >= 0.3 is 0 Å². The Morgan fingerprint density at radius 2 is 1.71 bits per heavy atom. The summed E-state index contributed by atoms with van der Waals surface area (Å²) < 4.78 is 2.29. The van der Waals surface area contributed by atoms with E-state index >= 15 is 0 Å². The highest BCUT2D eigenvalue weighted by atomic mass is 32.1. The van der Waals surface area contributed by atoms with Gasteiger partial charge in [-0.05, 0) is 55.9 Å². The van der Waals surface area contributed by atoms with E-state index in [2.05, 4.69) is 20.8 Å². The molecule has 0 unspecified atom stereocenters. The summed E-state index contributed by atoms with van der Waals surface area (Å²) in [5.41, 5.74) is 4.79. The molecule has 0 spiro atoms. The molecule has 4 rings (SSSR count). The molecule has 2 amide bonds. The number of anilines is 2. The number of H-pyrrole nitrogens is 1. The predicted molar refractivity (Wildman–Crippen MR) is 136 cm³/mol. The third-order valence-electron chi connectivity index (χ3n) is 5.44. The van der Waals surface area contributed by atoms with Gasteiger partial charge in [0.2, 0.25) is 5.91 Å². The van der Waals surface area contributed by atoms with Crippen LogP contribution in [0.25, 0.3) is 11.4 Å². The fourth-order valence-corrected chi connectivity index (χ4v) is 3.72. The zero-order valence-corrected chi connectivity index (χ0v) is 19.8. The molecule has 0 saturated heterocycles. The van der Waals surface area contributed by atoms with Gasteiger partial charge in [-0.15, -0.1) is 0 Å². The van der Waals surface area contributed by atoms with Crippen LogP contribution in [-0.2, 0) is 11.3 Å². The molecule has 0 bridgehead atoms. The van der Waals surface area contributed by atoms with Crippen molar-refractivity contribution < 1.29 is 9.59 Å². The van der Waals surface area contributed by atoms with Gasteiger partial charge < -0.3 is 10.6 Å². The minimum atomic E-state index is -0.209. The molecule has 3 aromatic carbocycles. The molecule has 0 fully saturated rings. The van der Waals surface area contributed by atoms with Crippen LogP contribution in [-0.4, -0.2) is 26.6 Å². The van der Waals surface area contributed by atoms with Crippen LogP contribution in [0.15, 0.2) is 72.8 Å². The number of hydrogen-bond acceptors (Lipinski definition) is 4. The summed E-state index contributed by atoms with van der Waals surface area (Å²) >= 11 is 5.37. The molecule has 1 aromatic heterocycles. The lowest BCUT2D eigenvalue weighted by molar-refractivity contribution is -0.116. The summed E-state index contributed by atoms with van der Waals surface area (Å²) in [5.74, 6) is 0.326. The second-order valence-electron chi connectivity index (χ2n) is 8.02. The molecule has 172 valence electrons. The van der Waals surface area contributed by atoms with E-state index in [4.69, 9.17) is 12.2 Å². The number of nitrogens with one attached hydrogen (secondary N) is 3. The molecule has 4 aromatic rings. The van der Waals surface area contributed by atoms with Crippen molar-refractivity contribution in [3.63, 3.8) is 0 Å². The van der Waals surface area contributed by atoms with Crippen molar-refractivity contribution in [1.82, 2.24) is 14.8 Å². The second kappa shape index (κ2) is 10.3. The first kappa shape index (κ1) is 23.1. The number of aryl methyl sites for hydroxylation is 2. The molecule has 0 radical (unpaired) electrons. The largest absolute Gasteiger partial charge is 0.326 e. The first-order valence-corrected chi connectivity index (χ1v) is 11.3. The van der Waals surface area contributed by atoms with Crippen molar-refractivity contribution in [2.45, 2.75) is 26.8 Å². The van der Waals surface area contributed by atoms with Gasteiger partial charge in [0.25, 0.3) is 5.91 Å². The molecule has 1 heterocycles. The molecular formula is C26H25N5O2S. The number of amides is 2. The van der Waals surface area contributed by atoms with Crippen LogP contribution in [0.1, 0.15) is 27.9 Å². The Labute approximate surface area is 202 Å². The summed E-state index contributed by atoms with van der Waals surface area (Å²) in [5, 5.41) is 13.0. The monoisotopic (exact) mass is 471 g/mol. The van der Waals surface area contributed by atoms with Crippen molar-refractivity contribution in [3.05, 3.63) is 94.3 Å². The number of aromatic nitrogens is 3. The maximum absolute atomic E-state index is 12.7. The Hall–Kier alpha value is -4.04. The lowest BCUT2D eigenvalue weighted by Gasteiger charge is -2.12. The molecule has 8 heteroatoms. The average Bonchev–Trinajstić information content (AvgIpc) is 3.21. The van der Waals surface area contributed by atoms with Gasteiger partial charge in [0.1, 0.15) is 0 Å². The topological polar surface area (TPSA) is 91.8 Å². The second-order valence-corrected chi connectivity index (χ2v) is 8.40. The summed E-state index contributed by atoms with van der Waals surface area (Å²) in [6.07, 6.45) is 0.215. The van der Waals surface area contributed by atoms with Crippen LogP contribution in [0.4, 0.5) is 11.4 Å². The van der Waals surface area contributed by atoms with Crippen molar-refractivity contribution >= 4 is 35.4 Å². The summed E-state index contributed by atoms with van der Waals surface area (Å²) in [6.45, 7) is 4.31. The first-order chi connectivity index (χ1) is 16.4. The minimum Gasteiger partial charge on any atom is -0.326 e. The van der Waals surface area contributed by atoms with Crippen LogP contribution in [0.2, 0.25) is 0 Å². The van der Waals surface area contributed by atoms with E-state index in [1.807, 2.05) is 73.0 Å². The number of hydrogen-bond donors (Lipinski definition) is 3. The Kier molecular flexibility index (Phi) is 6.98. The summed E-state index contributed by atoms with van der Waals surface area (Å²) in [6, 6.07) is 22.4. The third kappa shape index (κ3) is 5.47. The number of carbonyl (C=O) groups is 2. The lowest BCUT2D eigenvalue weighted by Crippen LogP contribution is -2.16. The first-order valence-electron chi connectivity index (χ1n) is 10.9. The molecule has 0 aliphatic carbocycles. The Balaban J connectivity index is 1.42. The van der Waals surface area contributed by atoms with Gasteiger partial charge in [0.05, 0.1) is 0 Å². The van der Waals surface area contributed by atoms with Crippen LogP contribution >= 0.6 is 12.2 Å². The maximum Gasteiger partial charge on any atom is 0.255 e. The van der Waals surface area contributed by atoms with Gasteiger partial charge in [-0.25, -0.2) is 0 Å². The van der Waals surface area contributed by atoms with Gasteiger partial charge in [-0.1, -0.05) is 54.1 Å². The van der Waals surface area contributed by atoms with E-state index in [1.165, 1.54) is 0 Å². The average molecular weight is 472 g/mol. The normalized spacial score (nSPS) is 10.6. The van der Waals surface area contributed by atoms with Crippen molar-refractivity contribution in [3.8, 4) is 11.4 Å². The molecule has 0 saturated carbocycles. The molecule has 0 aliphatic rings. The fraction of sp³-hybridized carbons (Fsp3) is 0.154. The highest BCUT2D eigenvalue weighted by molar-refractivity contribution is 7.71. The van der Waals surface area contributed by atoms with E-state index < -0.39 is 0 Å². The van der Waals surface area contributed by atoms with Gasteiger partial charge in [-0.3, -0.25) is 19.3 Å². The highest BCUT2D eigenvalue weighted by Crippen LogP contribution is 2.22. The highest BCUT2D eigenvalue weighted by Gasteiger charge is 2.12. The smallest absolute Gasteiger partial charge is 0.255 e. The van der Waals surface area contributed by atoms with Gasteiger partial charge in [-0.2, -0.15) is 5.10 Å². The molecule has 0 atom stereocenters. The lowest BCUT2D eigenvalue weighted by atomic mass is 10.1. The number of rotatable bonds is 7. The Morgan fingerprint density at radius 1 is 0.971 bits per heavy atom. The zero-order chi connectivity index (χ0) is 24.1. The number of carbonyl (C=O) groups excluding carboxylic acids is 2. The van der Waals surface area contributed by atoms with E-state index in [1.54, 1.807) is 18.2 Å². The third-order valence-corrected chi connectivity index (χ3v) is 5.75. The zero-order valence-electron chi connectivity index (χ0n) is 19.0. The predicted octanol–water partition coefficient (Wildman–Crippen LogP) is 5.51. The molecule has 34 heavy (non-hydrogen) atoms. The number of benzene rings is 3. The molecule has 0 aliphatic heterocycles. The van der Waals surface area contributed by atoms with Crippen LogP contribution in [0.5, 0.6) is 0 Å². The number of aromatic amines is 1. The van der Waals surface area contributed by atoms with Crippen LogP contribution < -0.4 is 10.6 Å². The molecule has 7 nitrogen and oxygen atoms in total. The van der Waals surface area contributed by atoms with Crippen molar-refractivity contribution in [2.75, 3.05) is 10.6 Å². The molecule has 3 N–H and O–H groups in total. The van der Waals surface area contributed by atoms with Crippen LogP contribution in [0, 0.1) is 18.6 Å². The number of nitrogens with zero attached hydrogens (tertiary/aromatic N) is 2. The van der Waals surface area contributed by atoms with E-state index in [0.29, 0.717) is 34.1 Å². The quantitative estimate of drug-likeness (QED) is 0.310. The van der Waals surface area contributed by atoms with E-state index in [0.717, 1.165) is 16.7 Å². The standard InChI is InChI=1S/C26H25N5O2S/c1-17-8-11-19(12-9-17)24-29-30-26(34)31(24)15-14-23(32)28-22-16-21(13-10-18(22)2)27-25(33)20-6-4-3-5-7-20/h3-13,16H,14-15H2,1-2H3,(H,27,33)(H,28,32)(H,30,34). The van der Waals surface area contributed by atoms with Gasteiger partial charge in [0, 0.05) is 35.5 Å². The summed E-state index contributed by atoms with van der Waals surface area (Å²) in [7, 11) is 0. The minimum absolute atomic E-state index is 0.160. The van der Waals surface area contributed by atoms with Gasteiger partial charge in [0.15, 0.2) is 10.6 Å². The SMILES string of the molecule is Cc1ccc(-c2n[nH]c(=S)n2CCC(=O)Nc2cc(NC(=O)c3ccccc3)ccc2C)cc1. The molecular weight excluding hydrogens is 446 g/mol. The van der Waals surface area contributed by atoms with Crippen molar-refractivity contribution in [2.24, 2.45) is 0 Å². The fourth-order valence-electron chi connectivity index (χ4n) is 3.50. The Bertz CT molecular complexity index is 1370. The van der Waals surface area contributed by atoms with E-state index in [9.17, 15) is 9.59 Å².